The Kier molecular flexibility index (Phi) is 10.2. The molecule has 0 radical (unpaired) electrons. The SMILES string of the molecule is CC(=O)NCc1cccc(-c2ccc(C3OC(CN4CCCC4C(=O)OC(C)(C)C)CC(c4ccc(CO)cc4)O3)cc2)c1. The van der Waals surface area contributed by atoms with Crippen molar-refractivity contribution in [3.63, 3.8) is 0 Å². The van der Waals surface area contributed by atoms with E-state index in [9.17, 15) is 14.7 Å². The molecule has 0 spiro atoms. The van der Waals surface area contributed by atoms with Crippen molar-refractivity contribution in [1.82, 2.24) is 10.2 Å². The van der Waals surface area contributed by atoms with Gasteiger partial charge in [-0.2, -0.15) is 0 Å². The van der Waals surface area contributed by atoms with Gasteiger partial charge >= 0.3 is 5.97 Å². The Hall–Kier alpha value is -3.56. The number of ether oxygens (including phenoxy) is 3. The average molecular weight is 601 g/mol. The molecule has 0 bridgehead atoms. The zero-order valence-electron chi connectivity index (χ0n) is 26.1. The molecular weight excluding hydrogens is 556 g/mol. The maximum atomic E-state index is 13.0. The molecule has 5 rings (SSSR count). The van der Waals surface area contributed by atoms with Crippen LogP contribution < -0.4 is 5.32 Å². The van der Waals surface area contributed by atoms with Gasteiger partial charge in [0.2, 0.25) is 5.91 Å². The molecule has 3 aromatic carbocycles. The number of aliphatic hydroxyl groups excluding tert-OH is 1. The quantitative estimate of drug-likeness (QED) is 0.298. The molecule has 8 nitrogen and oxygen atoms in total. The third-order valence-electron chi connectivity index (χ3n) is 8.08. The summed E-state index contributed by atoms with van der Waals surface area (Å²) in [6, 6.07) is 23.9. The zero-order valence-corrected chi connectivity index (χ0v) is 26.1. The van der Waals surface area contributed by atoms with Crippen LogP contribution in [-0.2, 0) is 37.0 Å². The predicted molar refractivity (Wildman–Crippen MR) is 168 cm³/mol. The molecule has 2 aliphatic rings. The first-order valence-electron chi connectivity index (χ1n) is 15.5. The van der Waals surface area contributed by atoms with Crippen LogP contribution in [-0.4, -0.2) is 52.7 Å². The van der Waals surface area contributed by atoms with Gasteiger partial charge in [0.1, 0.15) is 11.6 Å². The number of likely N-dealkylation sites (tertiary alicyclic amines) is 1. The van der Waals surface area contributed by atoms with Crippen molar-refractivity contribution in [2.45, 2.75) is 90.2 Å². The van der Waals surface area contributed by atoms with E-state index in [0.29, 0.717) is 19.5 Å². The normalized spacial score (nSPS) is 22.5. The van der Waals surface area contributed by atoms with Crippen molar-refractivity contribution in [3.05, 3.63) is 95.1 Å². The molecule has 2 saturated heterocycles. The van der Waals surface area contributed by atoms with Crippen molar-refractivity contribution < 1.29 is 28.9 Å². The van der Waals surface area contributed by atoms with Gasteiger partial charge in [-0.1, -0.05) is 66.7 Å². The summed E-state index contributed by atoms with van der Waals surface area (Å²) < 4.78 is 18.9. The summed E-state index contributed by atoms with van der Waals surface area (Å²) in [4.78, 5) is 26.6. The molecule has 2 heterocycles. The van der Waals surface area contributed by atoms with Crippen LogP contribution in [0.2, 0.25) is 0 Å². The minimum Gasteiger partial charge on any atom is -0.459 e. The maximum Gasteiger partial charge on any atom is 0.323 e. The van der Waals surface area contributed by atoms with Crippen molar-refractivity contribution in [2.75, 3.05) is 13.1 Å². The van der Waals surface area contributed by atoms with Gasteiger partial charge in [0.25, 0.3) is 0 Å². The molecular formula is C36H44N2O6. The number of aliphatic hydroxyl groups is 1. The van der Waals surface area contributed by atoms with Crippen molar-refractivity contribution in [2.24, 2.45) is 0 Å². The molecule has 2 N–H and O–H groups in total. The van der Waals surface area contributed by atoms with Crippen LogP contribution in [0.15, 0.2) is 72.8 Å². The Morgan fingerprint density at radius 3 is 2.36 bits per heavy atom. The van der Waals surface area contributed by atoms with Gasteiger partial charge in [-0.25, -0.2) is 0 Å². The largest absolute Gasteiger partial charge is 0.459 e. The molecule has 4 atom stereocenters. The van der Waals surface area contributed by atoms with Gasteiger partial charge in [0, 0.05) is 32.0 Å². The molecule has 2 fully saturated rings. The third kappa shape index (κ3) is 8.33. The molecule has 234 valence electrons. The van der Waals surface area contributed by atoms with E-state index in [0.717, 1.165) is 52.8 Å². The summed E-state index contributed by atoms with van der Waals surface area (Å²) in [6.07, 6.45) is 1.41. The highest BCUT2D eigenvalue weighted by molar-refractivity contribution is 5.76. The Morgan fingerprint density at radius 2 is 1.68 bits per heavy atom. The highest BCUT2D eigenvalue weighted by atomic mass is 16.7. The standard InChI is InChI=1S/C36H44N2O6/c1-24(40)37-21-26-7-5-8-30(19-26)27-14-16-29(17-15-27)35-42-31(20-33(43-35)28-12-10-25(23-39)11-13-28)22-38-18-6-9-32(38)34(41)44-36(2,3)4/h5,7-8,10-17,19,31-33,35,39H,6,9,18,20-23H2,1-4H3,(H,37,40). The second-order valence-corrected chi connectivity index (χ2v) is 12.8. The smallest absolute Gasteiger partial charge is 0.323 e. The van der Waals surface area contributed by atoms with Crippen molar-refractivity contribution >= 4 is 11.9 Å². The fraction of sp³-hybridized carbons (Fsp3) is 0.444. The Balaban J connectivity index is 1.34. The van der Waals surface area contributed by atoms with Crippen LogP contribution in [0.3, 0.4) is 0 Å². The van der Waals surface area contributed by atoms with E-state index in [2.05, 4.69) is 34.5 Å². The van der Waals surface area contributed by atoms with Gasteiger partial charge in [0.15, 0.2) is 6.29 Å². The lowest BCUT2D eigenvalue weighted by Gasteiger charge is -2.38. The number of nitrogens with one attached hydrogen (secondary N) is 1. The van der Waals surface area contributed by atoms with Crippen LogP contribution in [0.25, 0.3) is 11.1 Å². The van der Waals surface area contributed by atoms with Crippen LogP contribution in [0.5, 0.6) is 0 Å². The topological polar surface area (TPSA) is 97.3 Å². The number of carbonyl (C=O) groups excluding carboxylic acids is 2. The van der Waals surface area contributed by atoms with Gasteiger partial charge < -0.3 is 24.6 Å². The molecule has 1 amide bonds. The molecule has 44 heavy (non-hydrogen) atoms. The number of amides is 1. The Morgan fingerprint density at radius 1 is 0.955 bits per heavy atom. The first kappa shape index (κ1) is 31.9. The zero-order chi connectivity index (χ0) is 31.3. The molecule has 8 heteroatoms. The van der Waals surface area contributed by atoms with Crippen molar-refractivity contribution in [1.29, 1.82) is 0 Å². The number of esters is 1. The fourth-order valence-corrected chi connectivity index (χ4v) is 5.90. The summed E-state index contributed by atoms with van der Waals surface area (Å²) in [5.74, 6) is -0.232. The summed E-state index contributed by atoms with van der Waals surface area (Å²) in [6.45, 7) is 9.11. The third-order valence-corrected chi connectivity index (χ3v) is 8.08. The number of carbonyl (C=O) groups is 2. The molecule has 0 saturated carbocycles. The molecule has 4 unspecified atom stereocenters. The van der Waals surface area contributed by atoms with E-state index in [1.807, 2.05) is 69.3 Å². The Labute approximate surface area is 260 Å². The number of hydrogen-bond donors (Lipinski definition) is 2. The molecule has 2 aliphatic heterocycles. The number of rotatable bonds is 9. The minimum absolute atomic E-state index is 0.0102. The van der Waals surface area contributed by atoms with E-state index in [-0.39, 0.29) is 36.7 Å². The van der Waals surface area contributed by atoms with Crippen LogP contribution >= 0.6 is 0 Å². The highest BCUT2D eigenvalue weighted by Gasteiger charge is 2.38. The van der Waals surface area contributed by atoms with Crippen LogP contribution in [0.1, 0.15) is 81.6 Å². The highest BCUT2D eigenvalue weighted by Crippen LogP contribution is 2.39. The van der Waals surface area contributed by atoms with E-state index in [4.69, 9.17) is 14.2 Å². The molecule has 0 aliphatic carbocycles. The monoisotopic (exact) mass is 600 g/mol. The minimum atomic E-state index is -0.584. The summed E-state index contributed by atoms with van der Waals surface area (Å²) in [7, 11) is 0. The second kappa shape index (κ2) is 14.0. The number of nitrogens with zero attached hydrogens (tertiary/aromatic N) is 1. The lowest BCUT2D eigenvalue weighted by atomic mass is 9.98. The average Bonchev–Trinajstić information content (AvgIpc) is 3.47. The van der Waals surface area contributed by atoms with E-state index in [1.54, 1.807) is 0 Å². The first-order chi connectivity index (χ1) is 21.1. The fourth-order valence-electron chi connectivity index (χ4n) is 5.90. The van der Waals surface area contributed by atoms with E-state index in [1.165, 1.54) is 6.92 Å². The summed E-state index contributed by atoms with van der Waals surface area (Å²) >= 11 is 0. The maximum absolute atomic E-state index is 13.0. The first-order valence-corrected chi connectivity index (χ1v) is 15.5. The van der Waals surface area contributed by atoms with Crippen LogP contribution in [0.4, 0.5) is 0 Å². The van der Waals surface area contributed by atoms with Gasteiger partial charge in [0.05, 0.1) is 18.8 Å². The van der Waals surface area contributed by atoms with Crippen LogP contribution in [0, 0.1) is 0 Å². The second-order valence-electron chi connectivity index (χ2n) is 12.8. The number of hydrogen-bond acceptors (Lipinski definition) is 7. The lowest BCUT2D eigenvalue weighted by Crippen LogP contribution is -2.45. The van der Waals surface area contributed by atoms with Gasteiger partial charge in [-0.3, -0.25) is 14.5 Å². The van der Waals surface area contributed by atoms with Crippen molar-refractivity contribution in [3.8, 4) is 11.1 Å². The summed E-state index contributed by atoms with van der Waals surface area (Å²) in [5, 5.41) is 12.4. The van der Waals surface area contributed by atoms with Gasteiger partial charge in [-0.15, -0.1) is 0 Å². The van der Waals surface area contributed by atoms with E-state index >= 15 is 0 Å². The predicted octanol–water partition coefficient (Wildman–Crippen LogP) is 5.83. The summed E-state index contributed by atoms with van der Waals surface area (Å²) in [5.41, 5.74) is 5.41. The lowest BCUT2D eigenvalue weighted by molar-refractivity contribution is -0.253. The van der Waals surface area contributed by atoms with Gasteiger partial charge in [-0.05, 0) is 74.0 Å². The molecule has 3 aromatic rings. The van der Waals surface area contributed by atoms with E-state index < -0.39 is 11.9 Å². The molecule has 0 aromatic heterocycles. The number of benzene rings is 3. The Bertz CT molecular complexity index is 1420.